The Balaban J connectivity index is 1.15. The molecule has 1 aliphatic heterocycles. The summed E-state index contributed by atoms with van der Waals surface area (Å²) in [6.45, 7) is 4.52. The number of benzene rings is 1. The third-order valence-electron chi connectivity index (χ3n) is 11.1. The molecule has 0 bridgehead atoms. The molecule has 1 heterocycles. The van der Waals surface area contributed by atoms with Gasteiger partial charge in [0.1, 0.15) is 5.60 Å². The number of esters is 1. The largest absolute Gasteiger partial charge is 0.457 e. The van der Waals surface area contributed by atoms with Crippen molar-refractivity contribution in [1.82, 2.24) is 0 Å². The molecule has 5 unspecified atom stereocenters. The zero-order valence-corrected chi connectivity index (χ0v) is 23.1. The highest BCUT2D eigenvalue weighted by molar-refractivity contribution is 6.01. The summed E-state index contributed by atoms with van der Waals surface area (Å²) >= 11 is 0. The number of carbonyl (C=O) groups is 3. The van der Waals surface area contributed by atoms with Crippen molar-refractivity contribution in [2.24, 2.45) is 28.6 Å². The number of fused-ring (bicyclic) bond motifs is 6. The lowest BCUT2D eigenvalue weighted by Gasteiger charge is -2.59. The van der Waals surface area contributed by atoms with Crippen molar-refractivity contribution >= 4 is 23.2 Å². The van der Waals surface area contributed by atoms with Crippen LogP contribution >= 0.6 is 0 Å². The van der Waals surface area contributed by atoms with Crippen molar-refractivity contribution in [2.45, 2.75) is 70.5 Å². The van der Waals surface area contributed by atoms with Gasteiger partial charge in [-0.2, -0.15) is 0 Å². The van der Waals surface area contributed by atoms with E-state index in [2.05, 4.69) is 11.8 Å². The number of anilines is 1. The van der Waals surface area contributed by atoms with Crippen LogP contribution in [0.15, 0.2) is 42.0 Å². The number of Topliss-reactive ketones (excluding diaryl/α,β-unsaturated/α-hetero) is 1. The Bertz CT molecular complexity index is 1300. The first-order chi connectivity index (χ1) is 18.5. The number of hydrogen-bond donors (Lipinski definition) is 2. The minimum atomic E-state index is -1.66. The average molecular weight is 534 g/mol. The summed E-state index contributed by atoms with van der Waals surface area (Å²) in [5.74, 6) is -0.860. The van der Waals surface area contributed by atoms with Gasteiger partial charge in [-0.1, -0.05) is 37.6 Å². The van der Waals surface area contributed by atoms with Crippen LogP contribution in [0.25, 0.3) is 0 Å². The Morgan fingerprint density at radius 2 is 1.97 bits per heavy atom. The van der Waals surface area contributed by atoms with E-state index in [1.54, 1.807) is 12.2 Å². The van der Waals surface area contributed by atoms with E-state index in [1.165, 1.54) is 5.56 Å². The smallest absolute Gasteiger partial charge is 0.310 e. The third-order valence-corrected chi connectivity index (χ3v) is 11.1. The Labute approximate surface area is 229 Å². The fraction of sp³-hybridized carbons (Fsp3) is 0.594. The first-order valence-corrected chi connectivity index (χ1v) is 14.3. The number of aliphatic hydroxyl groups is 2. The maximum atomic E-state index is 13.5. The number of aliphatic hydroxyl groups excluding tert-OH is 1. The first kappa shape index (κ1) is 26.5. The molecule has 7 heteroatoms. The molecule has 0 amide bonds. The lowest BCUT2D eigenvalue weighted by atomic mass is 9.46. The van der Waals surface area contributed by atoms with E-state index in [4.69, 9.17) is 4.74 Å². The van der Waals surface area contributed by atoms with Crippen LogP contribution in [0.5, 0.6) is 0 Å². The standard InChI is InChI=1S/C32H39NO6/c1-30-11-8-22(34)16-21(30)6-7-23-24-9-12-32(38,31(24,2)17-26(35)29(23)30)27(36)18-39-28(37)15-19-4-5-20-10-13-33(3)25(20)14-19/h4-5,8,11,14,16,23-24,26,29,35,38H,6-7,9-10,12-13,15,17-18H2,1-3H3/t23?,24?,26-,29?,30?,31?,32-/m0/s1. The van der Waals surface area contributed by atoms with Gasteiger partial charge in [0.2, 0.25) is 5.78 Å². The molecule has 0 aromatic heterocycles. The average Bonchev–Trinajstić information content (AvgIpc) is 3.39. The number of rotatable bonds is 5. The molecule has 7 nitrogen and oxygen atoms in total. The number of nitrogens with zero attached hydrogens (tertiary/aromatic N) is 1. The summed E-state index contributed by atoms with van der Waals surface area (Å²) in [4.78, 5) is 40.4. The molecule has 0 spiro atoms. The van der Waals surface area contributed by atoms with Crippen molar-refractivity contribution in [1.29, 1.82) is 0 Å². The van der Waals surface area contributed by atoms with Gasteiger partial charge in [-0.3, -0.25) is 14.4 Å². The van der Waals surface area contributed by atoms with E-state index < -0.39 is 40.9 Å². The number of allylic oxidation sites excluding steroid dienone is 4. The van der Waals surface area contributed by atoms with Crippen molar-refractivity contribution in [3.05, 3.63) is 53.1 Å². The van der Waals surface area contributed by atoms with Crippen LogP contribution in [-0.4, -0.2) is 59.7 Å². The number of carbonyl (C=O) groups excluding carboxylic acids is 3. The highest BCUT2D eigenvalue weighted by Gasteiger charge is 2.68. The van der Waals surface area contributed by atoms with Crippen molar-refractivity contribution in [3.63, 3.8) is 0 Å². The lowest BCUT2D eigenvalue weighted by molar-refractivity contribution is -0.181. The molecule has 6 rings (SSSR count). The maximum absolute atomic E-state index is 13.5. The molecule has 39 heavy (non-hydrogen) atoms. The van der Waals surface area contributed by atoms with Gasteiger partial charge in [0.25, 0.3) is 0 Å². The monoisotopic (exact) mass is 533 g/mol. The van der Waals surface area contributed by atoms with Gasteiger partial charge in [0.05, 0.1) is 12.5 Å². The van der Waals surface area contributed by atoms with E-state index in [-0.39, 0.29) is 30.0 Å². The van der Waals surface area contributed by atoms with Crippen LogP contribution in [0.2, 0.25) is 0 Å². The normalized spacial score (nSPS) is 38.4. The van der Waals surface area contributed by atoms with Crippen molar-refractivity contribution in [2.75, 3.05) is 25.1 Å². The predicted octanol–water partition coefficient (Wildman–Crippen LogP) is 3.34. The van der Waals surface area contributed by atoms with Crippen LogP contribution in [-0.2, 0) is 32.0 Å². The Hall–Kier alpha value is -2.77. The number of ether oxygens (including phenoxy) is 1. The first-order valence-electron chi connectivity index (χ1n) is 14.3. The molecule has 1 aromatic carbocycles. The highest BCUT2D eigenvalue weighted by Crippen LogP contribution is 2.67. The second-order valence-electron chi connectivity index (χ2n) is 13.0. The van der Waals surface area contributed by atoms with Gasteiger partial charge in [-0.05, 0) is 79.7 Å². The quantitative estimate of drug-likeness (QED) is 0.560. The molecule has 2 N–H and O–H groups in total. The van der Waals surface area contributed by atoms with Crippen LogP contribution in [0.4, 0.5) is 5.69 Å². The van der Waals surface area contributed by atoms with Gasteiger partial charge in [-0.25, -0.2) is 0 Å². The SMILES string of the molecule is CN1CCc2ccc(CC(=O)OCC(=O)[C@@]3(O)CCC4C5CCC6=CC(=O)C=CC6(C)C5[C@@H](O)CC43C)cc21. The summed E-state index contributed by atoms with van der Waals surface area (Å²) < 4.78 is 5.41. The van der Waals surface area contributed by atoms with Crippen LogP contribution in [0.1, 0.15) is 57.1 Å². The summed E-state index contributed by atoms with van der Waals surface area (Å²) in [6.07, 6.45) is 8.49. The molecule has 3 saturated carbocycles. The van der Waals surface area contributed by atoms with E-state index in [1.807, 2.05) is 38.2 Å². The molecule has 3 fully saturated rings. The van der Waals surface area contributed by atoms with Gasteiger partial charge in [0.15, 0.2) is 12.4 Å². The van der Waals surface area contributed by atoms with Crippen LogP contribution in [0, 0.1) is 28.6 Å². The van der Waals surface area contributed by atoms with E-state index >= 15 is 0 Å². The van der Waals surface area contributed by atoms with Gasteiger partial charge < -0.3 is 19.8 Å². The Morgan fingerprint density at radius 3 is 2.77 bits per heavy atom. The van der Waals surface area contributed by atoms with Crippen LogP contribution in [0.3, 0.4) is 0 Å². The van der Waals surface area contributed by atoms with Crippen molar-refractivity contribution in [3.8, 4) is 0 Å². The van der Waals surface area contributed by atoms with E-state index in [0.717, 1.165) is 42.6 Å². The van der Waals surface area contributed by atoms with Gasteiger partial charge in [0, 0.05) is 36.0 Å². The molecule has 5 aliphatic rings. The van der Waals surface area contributed by atoms with Gasteiger partial charge >= 0.3 is 5.97 Å². The molecular weight excluding hydrogens is 494 g/mol. The minimum Gasteiger partial charge on any atom is -0.457 e. The maximum Gasteiger partial charge on any atom is 0.310 e. The molecular formula is C32H39NO6. The highest BCUT2D eigenvalue weighted by atomic mass is 16.5. The second kappa shape index (κ2) is 9.13. The minimum absolute atomic E-state index is 0.00467. The number of hydrogen-bond acceptors (Lipinski definition) is 7. The topological polar surface area (TPSA) is 104 Å². The molecule has 0 radical (unpaired) electrons. The number of likely N-dealkylation sites (N-methyl/N-ethyl adjacent to an activating group) is 1. The summed E-state index contributed by atoms with van der Waals surface area (Å²) in [5, 5.41) is 23.4. The molecule has 0 saturated heterocycles. The Kier molecular flexibility index (Phi) is 6.19. The zero-order valence-electron chi connectivity index (χ0n) is 23.1. The molecule has 7 atom stereocenters. The predicted molar refractivity (Wildman–Crippen MR) is 146 cm³/mol. The molecule has 208 valence electrons. The second-order valence-corrected chi connectivity index (χ2v) is 13.0. The molecule has 1 aromatic rings. The summed E-state index contributed by atoms with van der Waals surface area (Å²) in [7, 11) is 2.03. The van der Waals surface area contributed by atoms with E-state index in [0.29, 0.717) is 19.3 Å². The fourth-order valence-corrected chi connectivity index (χ4v) is 8.97. The van der Waals surface area contributed by atoms with Gasteiger partial charge in [-0.15, -0.1) is 0 Å². The lowest BCUT2D eigenvalue weighted by Crippen LogP contribution is -2.61. The summed E-state index contributed by atoms with van der Waals surface area (Å²) in [5.41, 5.74) is 1.43. The molecule has 4 aliphatic carbocycles. The summed E-state index contributed by atoms with van der Waals surface area (Å²) in [6, 6.07) is 5.98. The van der Waals surface area contributed by atoms with Crippen molar-refractivity contribution < 1.29 is 29.3 Å². The zero-order chi connectivity index (χ0) is 27.7. The fourth-order valence-electron chi connectivity index (χ4n) is 8.97. The third kappa shape index (κ3) is 3.95. The Morgan fingerprint density at radius 1 is 1.18 bits per heavy atom. The number of ketones is 2. The van der Waals surface area contributed by atoms with Crippen LogP contribution < -0.4 is 4.90 Å². The van der Waals surface area contributed by atoms with E-state index in [9.17, 15) is 24.6 Å².